The van der Waals surface area contributed by atoms with Crippen LogP contribution in [0.3, 0.4) is 0 Å². The smallest absolute Gasteiger partial charge is 0.0669 e. The monoisotopic (exact) mass is 171 g/mol. The summed E-state index contributed by atoms with van der Waals surface area (Å²) in [6.07, 6.45) is 5.25. The van der Waals surface area contributed by atoms with Crippen molar-refractivity contribution in [2.45, 2.75) is 6.04 Å². The predicted octanol–water partition coefficient (Wildman–Crippen LogP) is 1.06. The van der Waals surface area contributed by atoms with Crippen molar-refractivity contribution >= 4 is 23.9 Å². The zero-order valence-electron chi connectivity index (χ0n) is 5.26. The summed E-state index contributed by atoms with van der Waals surface area (Å²) < 4.78 is 6.33. The van der Waals surface area contributed by atoms with E-state index in [4.69, 9.17) is 0 Å². The van der Waals surface area contributed by atoms with Crippen LogP contribution in [-0.2, 0) is 0 Å². The van der Waals surface area contributed by atoms with E-state index in [-0.39, 0.29) is 0 Å². The molecule has 0 amide bonds. The van der Waals surface area contributed by atoms with Crippen LogP contribution in [0, 0.1) is 6.08 Å². The van der Waals surface area contributed by atoms with Crippen molar-refractivity contribution in [1.29, 1.82) is 0 Å². The van der Waals surface area contributed by atoms with E-state index in [9.17, 15) is 0 Å². The van der Waals surface area contributed by atoms with Crippen LogP contribution in [0.5, 0.6) is 0 Å². The van der Waals surface area contributed by atoms with E-state index in [1.54, 1.807) is 23.9 Å². The van der Waals surface area contributed by atoms with Crippen LogP contribution in [0.2, 0.25) is 0 Å². The largest absolute Gasteiger partial charge is 0.336 e. The molecule has 10 heavy (non-hydrogen) atoms. The van der Waals surface area contributed by atoms with Crippen LogP contribution in [0.25, 0.3) is 0 Å². The van der Waals surface area contributed by atoms with Gasteiger partial charge in [0.1, 0.15) is 0 Å². The molecule has 2 nitrogen and oxygen atoms in total. The molecule has 0 spiro atoms. The molecule has 1 unspecified atom stereocenters. The second-order valence-electron chi connectivity index (χ2n) is 2.08. The summed E-state index contributed by atoms with van der Waals surface area (Å²) in [5, 5.41) is 1.97. The topological polar surface area (TPSA) is 24.1 Å². The Morgan fingerprint density at radius 1 is 1.70 bits per heavy atom. The van der Waals surface area contributed by atoms with Crippen LogP contribution in [0.1, 0.15) is 0 Å². The summed E-state index contributed by atoms with van der Waals surface area (Å²) >= 11 is 3.33. The van der Waals surface area contributed by atoms with E-state index in [1.165, 1.54) is 5.57 Å². The van der Waals surface area contributed by atoms with Gasteiger partial charge in [-0.3, -0.25) is 0 Å². The number of hydrogen-bond acceptors (Lipinski definition) is 4. The molecule has 4 heteroatoms. The average molecular weight is 171 g/mol. The van der Waals surface area contributed by atoms with E-state index in [0.29, 0.717) is 6.04 Å². The van der Waals surface area contributed by atoms with E-state index in [2.05, 4.69) is 21.7 Å². The number of nitrogens with one attached hydrogen (secondary N) is 2. The molecule has 0 aromatic carbocycles. The minimum absolute atomic E-state index is 0.340. The third-order valence-corrected chi connectivity index (χ3v) is 2.80. The molecular weight excluding hydrogens is 164 g/mol. The highest BCUT2D eigenvalue weighted by molar-refractivity contribution is 8.00. The zero-order chi connectivity index (χ0) is 6.81. The van der Waals surface area contributed by atoms with Gasteiger partial charge in [0.2, 0.25) is 0 Å². The summed E-state index contributed by atoms with van der Waals surface area (Å²) in [7, 11) is 0. The first kappa shape index (κ1) is 6.64. The Hall–Kier alpha value is -0.0600. The van der Waals surface area contributed by atoms with Gasteiger partial charge < -0.3 is 4.72 Å². The third kappa shape index (κ3) is 1.19. The second-order valence-corrected chi connectivity index (χ2v) is 3.60. The minimum atomic E-state index is 0.340. The highest BCUT2D eigenvalue weighted by Crippen LogP contribution is 2.21. The van der Waals surface area contributed by atoms with Gasteiger partial charge in [0.05, 0.1) is 6.04 Å². The Bertz CT molecular complexity index is 188. The summed E-state index contributed by atoms with van der Waals surface area (Å²) in [6, 6.07) is 0.340. The molecule has 0 bridgehead atoms. The maximum atomic E-state index is 3.23. The maximum Gasteiger partial charge on any atom is 0.0669 e. The van der Waals surface area contributed by atoms with Gasteiger partial charge in [0.15, 0.2) is 0 Å². The molecule has 0 aliphatic carbocycles. The molecule has 2 rings (SSSR count). The van der Waals surface area contributed by atoms with Crippen molar-refractivity contribution in [3.8, 4) is 0 Å². The summed E-state index contributed by atoms with van der Waals surface area (Å²) in [6.45, 7) is 0. The first-order valence-electron chi connectivity index (χ1n) is 3.02. The van der Waals surface area contributed by atoms with E-state index >= 15 is 0 Å². The van der Waals surface area contributed by atoms with Gasteiger partial charge in [0, 0.05) is 12.0 Å². The van der Waals surface area contributed by atoms with Crippen LogP contribution in [0.15, 0.2) is 17.2 Å². The Balaban J connectivity index is 2.04. The zero-order valence-corrected chi connectivity index (χ0v) is 6.89. The van der Waals surface area contributed by atoms with Gasteiger partial charge in [-0.1, -0.05) is 11.9 Å². The lowest BCUT2D eigenvalue weighted by Crippen LogP contribution is -2.19. The van der Waals surface area contributed by atoms with Crippen LogP contribution < -0.4 is 9.44 Å². The molecule has 0 fully saturated rings. The highest BCUT2D eigenvalue weighted by atomic mass is 32.2. The summed E-state index contributed by atoms with van der Waals surface area (Å²) in [5.74, 6) is 1.07. The first-order chi connectivity index (χ1) is 4.97. The van der Waals surface area contributed by atoms with Crippen LogP contribution >= 0.6 is 23.9 Å². The van der Waals surface area contributed by atoms with Gasteiger partial charge in [-0.05, 0) is 29.0 Å². The molecule has 0 saturated heterocycles. The van der Waals surface area contributed by atoms with Crippen molar-refractivity contribution in [1.82, 2.24) is 9.44 Å². The molecule has 2 aliphatic rings. The first-order valence-corrected chi connectivity index (χ1v) is 4.88. The second kappa shape index (κ2) is 2.90. The van der Waals surface area contributed by atoms with Gasteiger partial charge in [0.25, 0.3) is 0 Å². The fourth-order valence-electron chi connectivity index (χ4n) is 0.872. The molecular formula is C6H7N2S2. The lowest BCUT2D eigenvalue weighted by molar-refractivity contribution is 0.877. The van der Waals surface area contributed by atoms with E-state index < -0.39 is 0 Å². The van der Waals surface area contributed by atoms with Crippen LogP contribution in [0.4, 0.5) is 0 Å². The average Bonchev–Trinajstić information content (AvgIpc) is 2.59. The van der Waals surface area contributed by atoms with E-state index in [1.807, 2.05) is 5.41 Å². The minimum Gasteiger partial charge on any atom is -0.336 e. The van der Waals surface area contributed by atoms with Gasteiger partial charge in [-0.2, -0.15) is 0 Å². The Morgan fingerprint density at radius 3 is 3.30 bits per heavy atom. The van der Waals surface area contributed by atoms with Crippen molar-refractivity contribution < 1.29 is 0 Å². The van der Waals surface area contributed by atoms with Gasteiger partial charge in [-0.25, -0.2) is 4.72 Å². The maximum absolute atomic E-state index is 3.23. The summed E-state index contributed by atoms with van der Waals surface area (Å²) in [5.41, 5.74) is 1.38. The van der Waals surface area contributed by atoms with E-state index in [0.717, 1.165) is 5.75 Å². The number of rotatable bonds is 1. The summed E-state index contributed by atoms with van der Waals surface area (Å²) in [4.78, 5) is 0. The fourth-order valence-corrected chi connectivity index (χ4v) is 2.23. The number of hydrogen-bond donors (Lipinski definition) is 2. The van der Waals surface area contributed by atoms with Gasteiger partial charge >= 0.3 is 0 Å². The Labute approximate surface area is 68.8 Å². The van der Waals surface area contributed by atoms with Crippen molar-refractivity contribution in [2.75, 3.05) is 5.75 Å². The SMILES string of the molecule is [C]1=CSNC1C1=CNSC1. The molecule has 2 aliphatic heterocycles. The fraction of sp³-hybridized carbons (Fsp3) is 0.333. The third-order valence-electron chi connectivity index (χ3n) is 1.42. The molecule has 2 heterocycles. The molecule has 0 aromatic rings. The Morgan fingerprint density at radius 2 is 2.70 bits per heavy atom. The predicted molar refractivity (Wildman–Crippen MR) is 46.0 cm³/mol. The molecule has 1 radical (unpaired) electrons. The lowest BCUT2D eigenvalue weighted by Gasteiger charge is -2.05. The molecule has 0 saturated carbocycles. The molecule has 1 atom stereocenters. The highest BCUT2D eigenvalue weighted by Gasteiger charge is 2.17. The molecule has 2 N–H and O–H groups in total. The standard InChI is InChI=1S/C6H7N2S2/c1-2-9-8-6(1)5-3-7-10-4-5/h2-3,6-8H,4H2. The molecule has 0 aromatic heterocycles. The van der Waals surface area contributed by atoms with Gasteiger partial charge in [-0.15, -0.1) is 0 Å². The van der Waals surface area contributed by atoms with Crippen molar-refractivity contribution in [3.05, 3.63) is 23.3 Å². The molecule has 53 valence electrons. The normalized spacial score (nSPS) is 30.4. The van der Waals surface area contributed by atoms with Crippen LogP contribution in [-0.4, -0.2) is 11.8 Å². The van der Waals surface area contributed by atoms with Crippen molar-refractivity contribution in [3.63, 3.8) is 0 Å². The van der Waals surface area contributed by atoms with Crippen molar-refractivity contribution in [2.24, 2.45) is 0 Å². The lowest BCUT2D eigenvalue weighted by atomic mass is 10.1. The Kier molecular flexibility index (Phi) is 1.93. The quantitative estimate of drug-likeness (QED) is 0.576.